The Labute approximate surface area is 196 Å². The summed E-state index contributed by atoms with van der Waals surface area (Å²) in [4.78, 5) is 22.4. The van der Waals surface area contributed by atoms with E-state index in [1.807, 2.05) is 60.1 Å². The van der Waals surface area contributed by atoms with Gasteiger partial charge in [-0.15, -0.1) is 21.5 Å². The summed E-state index contributed by atoms with van der Waals surface area (Å²) in [7, 11) is 1.95. The van der Waals surface area contributed by atoms with Crippen LogP contribution >= 0.6 is 34.7 Å². The molecule has 0 aliphatic rings. The fourth-order valence-electron chi connectivity index (χ4n) is 3.43. The Morgan fingerprint density at radius 2 is 2.06 bits per heavy atom. The first kappa shape index (κ1) is 20.9. The van der Waals surface area contributed by atoms with Crippen molar-refractivity contribution in [2.45, 2.75) is 11.6 Å². The molecule has 3 heterocycles. The number of nitrogens with one attached hydrogen (secondary N) is 1. The first-order valence-electron chi connectivity index (χ1n) is 9.76. The lowest BCUT2D eigenvalue weighted by Gasteiger charge is -2.02. The number of aryl methyl sites for hydroxylation is 1. The van der Waals surface area contributed by atoms with Crippen molar-refractivity contribution in [2.75, 3.05) is 11.1 Å². The van der Waals surface area contributed by atoms with E-state index in [-0.39, 0.29) is 11.7 Å². The average molecular weight is 481 g/mol. The highest BCUT2D eigenvalue weighted by molar-refractivity contribution is 7.99. The number of thiazole rings is 1. The quantitative estimate of drug-likeness (QED) is 0.346. The van der Waals surface area contributed by atoms with Gasteiger partial charge in [0.15, 0.2) is 10.8 Å². The number of anilines is 1. The van der Waals surface area contributed by atoms with Crippen molar-refractivity contribution in [1.82, 2.24) is 24.7 Å². The van der Waals surface area contributed by atoms with E-state index < -0.39 is 0 Å². The van der Waals surface area contributed by atoms with E-state index in [4.69, 9.17) is 11.6 Å². The zero-order valence-electron chi connectivity index (χ0n) is 16.9. The zero-order chi connectivity index (χ0) is 22.1. The summed E-state index contributed by atoms with van der Waals surface area (Å²) >= 11 is 8.74. The minimum absolute atomic E-state index is 0.167. The van der Waals surface area contributed by atoms with Gasteiger partial charge in [-0.05, 0) is 23.8 Å². The number of thioether (sulfide) groups is 1. The van der Waals surface area contributed by atoms with Gasteiger partial charge in [-0.2, -0.15) is 0 Å². The second-order valence-corrected chi connectivity index (χ2v) is 9.61. The number of carbonyl (C=O) groups is 1. The lowest BCUT2D eigenvalue weighted by molar-refractivity contribution is -0.113. The summed E-state index contributed by atoms with van der Waals surface area (Å²) in [6, 6.07) is 15.7. The maximum absolute atomic E-state index is 12.4. The van der Waals surface area contributed by atoms with Crippen LogP contribution in [0.3, 0.4) is 0 Å². The van der Waals surface area contributed by atoms with Crippen LogP contribution in [-0.4, -0.2) is 36.4 Å². The SMILES string of the molecule is Cn1c2ccccc2c2nnc(SCC(=O)Nc3ncc(Cc4cccc(Cl)c4)s3)nc21. The molecule has 0 spiro atoms. The molecule has 10 heteroatoms. The van der Waals surface area contributed by atoms with E-state index in [2.05, 4.69) is 25.5 Å². The number of benzene rings is 2. The van der Waals surface area contributed by atoms with Gasteiger partial charge in [0.25, 0.3) is 0 Å². The van der Waals surface area contributed by atoms with E-state index >= 15 is 0 Å². The minimum Gasteiger partial charge on any atom is -0.327 e. The summed E-state index contributed by atoms with van der Waals surface area (Å²) < 4.78 is 1.99. The Hall–Kier alpha value is -3.01. The lowest BCUT2D eigenvalue weighted by Crippen LogP contribution is -2.14. The van der Waals surface area contributed by atoms with Crippen LogP contribution < -0.4 is 5.32 Å². The molecule has 5 aromatic rings. The number of aromatic nitrogens is 5. The molecule has 0 saturated carbocycles. The lowest BCUT2D eigenvalue weighted by atomic mass is 10.1. The Morgan fingerprint density at radius 1 is 1.19 bits per heavy atom. The Bertz CT molecular complexity index is 1450. The first-order chi connectivity index (χ1) is 15.6. The molecule has 1 amide bonds. The molecule has 0 aliphatic heterocycles. The van der Waals surface area contributed by atoms with Crippen molar-refractivity contribution in [2.24, 2.45) is 7.05 Å². The van der Waals surface area contributed by atoms with Crippen molar-refractivity contribution in [3.05, 3.63) is 70.2 Å². The maximum atomic E-state index is 12.4. The van der Waals surface area contributed by atoms with Crippen LogP contribution in [0.15, 0.2) is 59.9 Å². The molecule has 0 atom stereocenters. The van der Waals surface area contributed by atoms with Crippen molar-refractivity contribution >= 4 is 67.8 Å². The van der Waals surface area contributed by atoms with Crippen LogP contribution in [0.1, 0.15) is 10.4 Å². The number of para-hydroxylation sites is 1. The van der Waals surface area contributed by atoms with Crippen LogP contribution in [0.25, 0.3) is 22.1 Å². The molecular formula is C22H17ClN6OS2. The predicted octanol–water partition coefficient (Wildman–Crippen LogP) is 4.95. The van der Waals surface area contributed by atoms with Crippen molar-refractivity contribution in [3.63, 3.8) is 0 Å². The fourth-order valence-corrected chi connectivity index (χ4v) is 5.09. The van der Waals surface area contributed by atoms with Gasteiger partial charge < -0.3 is 9.88 Å². The van der Waals surface area contributed by atoms with Crippen LogP contribution in [0.5, 0.6) is 0 Å². The molecule has 0 bridgehead atoms. The van der Waals surface area contributed by atoms with Gasteiger partial charge in [0, 0.05) is 35.0 Å². The Kier molecular flexibility index (Phi) is 5.77. The van der Waals surface area contributed by atoms with E-state index in [1.54, 1.807) is 6.20 Å². The summed E-state index contributed by atoms with van der Waals surface area (Å²) in [6.07, 6.45) is 2.49. The molecule has 160 valence electrons. The van der Waals surface area contributed by atoms with E-state index in [0.29, 0.717) is 21.7 Å². The van der Waals surface area contributed by atoms with Crippen LogP contribution in [0.2, 0.25) is 5.02 Å². The van der Waals surface area contributed by atoms with Gasteiger partial charge in [0.05, 0.1) is 11.3 Å². The van der Waals surface area contributed by atoms with Gasteiger partial charge in [-0.1, -0.05) is 53.7 Å². The van der Waals surface area contributed by atoms with Gasteiger partial charge in [0.1, 0.15) is 5.52 Å². The number of fused-ring (bicyclic) bond motifs is 3. The van der Waals surface area contributed by atoms with Crippen molar-refractivity contribution < 1.29 is 4.79 Å². The standard InChI is InChI=1S/C22H17ClN6OS2/c1-29-17-8-3-2-7-16(17)19-20(29)26-22(28-27-19)31-12-18(30)25-21-24-11-15(32-21)10-13-5-4-6-14(23)9-13/h2-9,11H,10,12H2,1H3,(H,24,25,30). The second kappa shape index (κ2) is 8.85. The molecule has 2 aromatic carbocycles. The first-order valence-corrected chi connectivity index (χ1v) is 11.9. The molecule has 0 radical (unpaired) electrons. The van der Waals surface area contributed by atoms with Gasteiger partial charge >= 0.3 is 0 Å². The molecule has 5 rings (SSSR count). The molecule has 7 nitrogen and oxygen atoms in total. The maximum Gasteiger partial charge on any atom is 0.236 e. The highest BCUT2D eigenvalue weighted by atomic mass is 35.5. The molecule has 0 fully saturated rings. The largest absolute Gasteiger partial charge is 0.327 e. The van der Waals surface area contributed by atoms with E-state index in [1.165, 1.54) is 23.1 Å². The topological polar surface area (TPSA) is 85.6 Å². The molecule has 0 saturated heterocycles. The highest BCUT2D eigenvalue weighted by Crippen LogP contribution is 2.26. The van der Waals surface area contributed by atoms with Crippen LogP contribution in [0.4, 0.5) is 5.13 Å². The molecule has 0 unspecified atom stereocenters. The smallest absolute Gasteiger partial charge is 0.236 e. The number of nitrogens with zero attached hydrogens (tertiary/aromatic N) is 5. The van der Waals surface area contributed by atoms with E-state index in [9.17, 15) is 4.79 Å². The monoisotopic (exact) mass is 480 g/mol. The van der Waals surface area contributed by atoms with Crippen LogP contribution in [0, 0.1) is 0 Å². The second-order valence-electron chi connectivity index (χ2n) is 7.12. The normalized spacial score (nSPS) is 11.3. The molecule has 1 N–H and O–H groups in total. The molecule has 0 aliphatic carbocycles. The Morgan fingerprint density at radius 3 is 2.94 bits per heavy atom. The van der Waals surface area contributed by atoms with Crippen LogP contribution in [-0.2, 0) is 18.3 Å². The van der Waals surface area contributed by atoms with Crippen molar-refractivity contribution in [1.29, 1.82) is 0 Å². The van der Waals surface area contributed by atoms with Gasteiger partial charge in [-0.3, -0.25) is 4.79 Å². The van der Waals surface area contributed by atoms with E-state index in [0.717, 1.165) is 32.5 Å². The third-order valence-corrected chi connectivity index (χ3v) is 6.87. The number of hydrogen-bond acceptors (Lipinski definition) is 7. The Balaban J connectivity index is 1.22. The zero-order valence-corrected chi connectivity index (χ0v) is 19.3. The third kappa shape index (κ3) is 4.32. The average Bonchev–Trinajstić information content (AvgIpc) is 3.34. The minimum atomic E-state index is -0.167. The summed E-state index contributed by atoms with van der Waals surface area (Å²) in [5.74, 6) is -0.000227. The molecule has 32 heavy (non-hydrogen) atoms. The van der Waals surface area contributed by atoms with Gasteiger partial charge in [-0.25, -0.2) is 9.97 Å². The molecular weight excluding hydrogens is 464 g/mol. The number of rotatable bonds is 6. The number of halogens is 1. The highest BCUT2D eigenvalue weighted by Gasteiger charge is 2.14. The summed E-state index contributed by atoms with van der Waals surface area (Å²) in [5.41, 5.74) is 3.64. The third-order valence-electron chi connectivity index (χ3n) is 4.89. The van der Waals surface area contributed by atoms with Crippen molar-refractivity contribution in [3.8, 4) is 0 Å². The number of hydrogen-bond donors (Lipinski definition) is 1. The fraction of sp³-hybridized carbons (Fsp3) is 0.136. The summed E-state index contributed by atoms with van der Waals surface area (Å²) in [5, 5.41) is 14.1. The number of amides is 1. The predicted molar refractivity (Wildman–Crippen MR) is 130 cm³/mol. The summed E-state index contributed by atoms with van der Waals surface area (Å²) in [6.45, 7) is 0. The molecule has 3 aromatic heterocycles. The number of carbonyl (C=O) groups excluding carboxylic acids is 1. The van der Waals surface area contributed by atoms with Gasteiger partial charge in [0.2, 0.25) is 11.1 Å².